The molecule has 0 aliphatic heterocycles. The van der Waals surface area contributed by atoms with Crippen LogP contribution in [0, 0.1) is 5.92 Å². The highest BCUT2D eigenvalue weighted by atomic mass is 35.5. The molecule has 15 heavy (non-hydrogen) atoms. The number of aliphatic carboxylic acids is 1. The third-order valence-electron chi connectivity index (χ3n) is 2.18. The molecule has 0 amide bonds. The summed E-state index contributed by atoms with van der Waals surface area (Å²) in [6.07, 6.45) is 2.68. The number of halogens is 1. The summed E-state index contributed by atoms with van der Waals surface area (Å²) in [5.41, 5.74) is 2.40. The molecule has 0 aliphatic rings. The fourth-order valence-electron chi connectivity index (χ4n) is 1.39. The topological polar surface area (TPSA) is 37.3 Å². The minimum Gasteiger partial charge on any atom is -0.481 e. The highest BCUT2D eigenvalue weighted by Crippen LogP contribution is 2.13. The molecule has 0 spiro atoms. The predicted octanol–water partition coefficient (Wildman–Crippen LogP) is 3.07. The second-order valence-electron chi connectivity index (χ2n) is 3.32. The lowest BCUT2D eigenvalue weighted by atomic mass is 9.96. The summed E-state index contributed by atoms with van der Waals surface area (Å²) in [6.45, 7) is 0. The molecule has 80 valence electrons. The summed E-state index contributed by atoms with van der Waals surface area (Å²) in [5.74, 6) is -1.18. The Kier molecular flexibility index (Phi) is 4.91. The van der Waals surface area contributed by atoms with E-state index < -0.39 is 11.9 Å². The maximum atomic E-state index is 10.9. The summed E-state index contributed by atoms with van der Waals surface area (Å²) in [7, 11) is 0. The smallest absolute Gasteiger partial charge is 0.307 e. The van der Waals surface area contributed by atoms with Crippen LogP contribution in [0.5, 0.6) is 0 Å². The molecular formula is C12H13ClO2. The van der Waals surface area contributed by atoms with E-state index in [0.29, 0.717) is 12.8 Å². The van der Waals surface area contributed by atoms with Gasteiger partial charge >= 0.3 is 5.97 Å². The molecule has 1 N–H and O–H groups in total. The number of hydrogen-bond acceptors (Lipinski definition) is 1. The number of carboxylic acids is 1. The van der Waals surface area contributed by atoms with Crippen molar-refractivity contribution >= 4 is 17.6 Å². The molecule has 0 saturated carbocycles. The van der Waals surface area contributed by atoms with Gasteiger partial charge in [-0.1, -0.05) is 48.0 Å². The highest BCUT2D eigenvalue weighted by Gasteiger charge is 2.15. The predicted molar refractivity (Wildman–Crippen MR) is 60.9 cm³/mol. The van der Waals surface area contributed by atoms with Crippen molar-refractivity contribution in [2.75, 3.05) is 0 Å². The van der Waals surface area contributed by atoms with Crippen molar-refractivity contribution in [3.63, 3.8) is 0 Å². The number of benzene rings is 1. The Balaban J connectivity index is 2.63. The summed E-state index contributed by atoms with van der Waals surface area (Å²) >= 11 is 5.38. The van der Waals surface area contributed by atoms with E-state index in [4.69, 9.17) is 16.7 Å². The first-order chi connectivity index (χ1) is 7.24. The first kappa shape index (κ1) is 11.8. The average molecular weight is 225 g/mol. The van der Waals surface area contributed by atoms with Crippen LogP contribution in [0.25, 0.3) is 0 Å². The standard InChI is InChI=1S/C12H13ClO2/c13-8-4-7-11(12(14)15)9-10-5-2-1-3-6-10/h1-6,8,11H,7,9H2,(H,14,15). The van der Waals surface area contributed by atoms with E-state index in [-0.39, 0.29) is 0 Å². The number of carboxylic acid groups (broad SMARTS) is 1. The molecule has 0 heterocycles. The monoisotopic (exact) mass is 224 g/mol. The van der Waals surface area contributed by atoms with Gasteiger partial charge < -0.3 is 5.11 Å². The molecule has 0 fully saturated rings. The van der Waals surface area contributed by atoms with Gasteiger partial charge in [-0.05, 0) is 18.4 Å². The van der Waals surface area contributed by atoms with E-state index >= 15 is 0 Å². The van der Waals surface area contributed by atoms with Gasteiger partial charge in [0.05, 0.1) is 5.92 Å². The lowest BCUT2D eigenvalue weighted by molar-refractivity contribution is -0.141. The van der Waals surface area contributed by atoms with Gasteiger partial charge in [-0.3, -0.25) is 4.79 Å². The third kappa shape index (κ3) is 4.17. The number of hydrogen-bond donors (Lipinski definition) is 1. The van der Waals surface area contributed by atoms with Crippen molar-refractivity contribution in [2.45, 2.75) is 12.8 Å². The van der Waals surface area contributed by atoms with Crippen molar-refractivity contribution in [2.24, 2.45) is 5.92 Å². The summed E-state index contributed by atoms with van der Waals surface area (Å²) in [5, 5.41) is 8.98. The molecule has 2 nitrogen and oxygen atoms in total. The lowest BCUT2D eigenvalue weighted by Gasteiger charge is -2.09. The van der Waals surface area contributed by atoms with Crippen molar-refractivity contribution in [3.8, 4) is 0 Å². The summed E-state index contributed by atoms with van der Waals surface area (Å²) in [6, 6.07) is 9.59. The first-order valence-corrected chi connectivity index (χ1v) is 5.19. The van der Waals surface area contributed by atoms with Gasteiger partial charge in [-0.2, -0.15) is 0 Å². The van der Waals surface area contributed by atoms with Gasteiger partial charge in [-0.25, -0.2) is 0 Å². The van der Waals surface area contributed by atoms with E-state index in [2.05, 4.69) is 0 Å². The Morgan fingerprint density at radius 2 is 2.07 bits per heavy atom. The lowest BCUT2D eigenvalue weighted by Crippen LogP contribution is -2.15. The number of allylic oxidation sites excluding steroid dienone is 1. The highest BCUT2D eigenvalue weighted by molar-refractivity contribution is 6.25. The van der Waals surface area contributed by atoms with E-state index in [1.807, 2.05) is 30.3 Å². The van der Waals surface area contributed by atoms with Gasteiger partial charge in [0.25, 0.3) is 0 Å². The minimum atomic E-state index is -0.784. The molecule has 3 heteroatoms. The van der Waals surface area contributed by atoms with Crippen molar-refractivity contribution in [1.29, 1.82) is 0 Å². The fraction of sp³-hybridized carbons (Fsp3) is 0.250. The van der Waals surface area contributed by atoms with Crippen LogP contribution in [-0.2, 0) is 11.2 Å². The van der Waals surface area contributed by atoms with Crippen molar-refractivity contribution in [3.05, 3.63) is 47.5 Å². The quantitative estimate of drug-likeness (QED) is 0.835. The third-order valence-corrected chi connectivity index (χ3v) is 2.36. The van der Waals surface area contributed by atoms with Gasteiger partial charge in [0.15, 0.2) is 0 Å². The van der Waals surface area contributed by atoms with E-state index in [9.17, 15) is 4.79 Å². The summed E-state index contributed by atoms with van der Waals surface area (Å²) in [4.78, 5) is 10.9. The Morgan fingerprint density at radius 3 is 2.60 bits per heavy atom. The van der Waals surface area contributed by atoms with Crippen LogP contribution < -0.4 is 0 Å². The van der Waals surface area contributed by atoms with E-state index in [1.54, 1.807) is 6.08 Å². The zero-order valence-corrected chi connectivity index (χ0v) is 9.02. The fourth-order valence-corrected chi connectivity index (χ4v) is 1.49. The first-order valence-electron chi connectivity index (χ1n) is 4.76. The van der Waals surface area contributed by atoms with Crippen LogP contribution in [0.15, 0.2) is 41.9 Å². The van der Waals surface area contributed by atoms with Gasteiger partial charge in [0.1, 0.15) is 0 Å². The van der Waals surface area contributed by atoms with Crippen molar-refractivity contribution in [1.82, 2.24) is 0 Å². The Hall–Kier alpha value is -1.28. The molecular weight excluding hydrogens is 212 g/mol. The van der Waals surface area contributed by atoms with Crippen LogP contribution in [-0.4, -0.2) is 11.1 Å². The van der Waals surface area contributed by atoms with Gasteiger partial charge in [0, 0.05) is 5.54 Å². The van der Waals surface area contributed by atoms with Crippen LogP contribution >= 0.6 is 11.6 Å². The van der Waals surface area contributed by atoms with Crippen molar-refractivity contribution < 1.29 is 9.90 Å². The Morgan fingerprint density at radius 1 is 1.40 bits per heavy atom. The average Bonchev–Trinajstić information content (AvgIpc) is 2.25. The summed E-state index contributed by atoms with van der Waals surface area (Å²) < 4.78 is 0. The second kappa shape index (κ2) is 6.25. The molecule has 1 atom stereocenters. The molecule has 1 rings (SSSR count). The number of rotatable bonds is 5. The zero-order valence-electron chi connectivity index (χ0n) is 8.27. The largest absolute Gasteiger partial charge is 0.481 e. The molecule has 1 aromatic rings. The molecule has 0 saturated heterocycles. The molecule has 0 aromatic heterocycles. The second-order valence-corrected chi connectivity index (χ2v) is 3.57. The molecule has 1 unspecified atom stereocenters. The van der Waals surface area contributed by atoms with Crippen LogP contribution in [0.3, 0.4) is 0 Å². The molecule has 0 bridgehead atoms. The number of carbonyl (C=O) groups is 1. The zero-order chi connectivity index (χ0) is 11.1. The SMILES string of the molecule is O=C(O)C(CC=CCl)Cc1ccccc1. The van der Waals surface area contributed by atoms with E-state index in [1.165, 1.54) is 5.54 Å². The minimum absolute atomic E-state index is 0.401. The molecule has 0 aliphatic carbocycles. The van der Waals surface area contributed by atoms with Crippen LogP contribution in [0.1, 0.15) is 12.0 Å². The Bertz CT molecular complexity index is 333. The van der Waals surface area contributed by atoms with E-state index in [0.717, 1.165) is 5.56 Å². The van der Waals surface area contributed by atoms with Crippen LogP contribution in [0.2, 0.25) is 0 Å². The van der Waals surface area contributed by atoms with Crippen LogP contribution in [0.4, 0.5) is 0 Å². The maximum absolute atomic E-state index is 10.9. The van der Waals surface area contributed by atoms with Gasteiger partial charge in [-0.15, -0.1) is 0 Å². The maximum Gasteiger partial charge on any atom is 0.307 e. The Labute approximate surface area is 94.2 Å². The molecule has 1 aromatic carbocycles. The normalized spacial score (nSPS) is 12.9. The van der Waals surface area contributed by atoms with Gasteiger partial charge in [0.2, 0.25) is 0 Å². The molecule has 0 radical (unpaired) electrons.